The molecule has 5 atom stereocenters. The van der Waals surface area contributed by atoms with Crippen molar-refractivity contribution in [1.29, 1.82) is 0 Å². The van der Waals surface area contributed by atoms with Crippen LogP contribution in [0.1, 0.15) is 114 Å². The van der Waals surface area contributed by atoms with Crippen LogP contribution < -0.4 is 0 Å². The highest BCUT2D eigenvalue weighted by molar-refractivity contribution is 5.36. The van der Waals surface area contributed by atoms with Crippen LogP contribution in [-0.2, 0) is 19.3 Å². The number of benzene rings is 1. The third-order valence-corrected chi connectivity index (χ3v) is 9.33. The molecule has 0 amide bonds. The Bertz CT molecular complexity index is 747. The van der Waals surface area contributed by atoms with Gasteiger partial charge in [0.1, 0.15) is 5.82 Å². The molecule has 0 aliphatic heterocycles. The number of aryl methyl sites for hydroxylation is 2. The van der Waals surface area contributed by atoms with E-state index in [1.165, 1.54) is 88.2 Å². The Morgan fingerprint density at radius 2 is 1.69 bits per heavy atom. The summed E-state index contributed by atoms with van der Waals surface area (Å²) < 4.78 is 15.0. The van der Waals surface area contributed by atoms with Gasteiger partial charge in [0.05, 0.1) is 0 Å². The summed E-state index contributed by atoms with van der Waals surface area (Å²) in [7, 11) is 0. The molecule has 4 rings (SSSR count). The summed E-state index contributed by atoms with van der Waals surface area (Å²) in [6.07, 6.45) is 25.6. The molecule has 0 nitrogen and oxygen atoms in total. The molecule has 0 radical (unpaired) electrons. The van der Waals surface area contributed by atoms with Gasteiger partial charge in [-0.05, 0) is 123 Å². The van der Waals surface area contributed by atoms with Gasteiger partial charge in [-0.2, -0.15) is 0 Å². The molecule has 0 aromatic heterocycles. The molecule has 0 saturated heterocycles. The molecule has 3 aliphatic carbocycles. The molecule has 0 spiro atoms. The summed E-state index contributed by atoms with van der Waals surface area (Å²) in [5.41, 5.74) is 3.56. The molecule has 1 aromatic rings. The molecule has 3 aliphatic rings. The SMILES string of the molecule is C/C=C/CCc1cc(F)c2c(c1)CCC(C1CCC3CC(CCCCCC)CCC3C1)C2. The highest BCUT2D eigenvalue weighted by atomic mass is 19.1. The van der Waals surface area contributed by atoms with Gasteiger partial charge < -0.3 is 0 Å². The number of unbranched alkanes of at least 4 members (excludes halogenated alkanes) is 3. The van der Waals surface area contributed by atoms with Crippen LogP contribution in [0.25, 0.3) is 0 Å². The van der Waals surface area contributed by atoms with E-state index in [1.54, 1.807) is 0 Å². The molecular weight excluding hydrogens is 391 g/mol. The van der Waals surface area contributed by atoms with Crippen molar-refractivity contribution in [2.24, 2.45) is 29.6 Å². The lowest BCUT2D eigenvalue weighted by Crippen LogP contribution is -2.35. The number of allylic oxidation sites excluding steroid dienone is 2. The van der Waals surface area contributed by atoms with Crippen LogP contribution in [0.15, 0.2) is 24.3 Å². The molecule has 5 unspecified atom stereocenters. The third-order valence-electron chi connectivity index (χ3n) is 9.33. The van der Waals surface area contributed by atoms with Crippen molar-refractivity contribution in [3.05, 3.63) is 46.8 Å². The van der Waals surface area contributed by atoms with Crippen molar-refractivity contribution in [3.8, 4) is 0 Å². The van der Waals surface area contributed by atoms with Gasteiger partial charge in [-0.1, -0.05) is 63.7 Å². The lowest BCUT2D eigenvalue weighted by atomic mass is 9.60. The molecule has 2 saturated carbocycles. The topological polar surface area (TPSA) is 0 Å². The van der Waals surface area contributed by atoms with Crippen LogP contribution in [0, 0.1) is 35.4 Å². The third kappa shape index (κ3) is 6.06. The maximum absolute atomic E-state index is 15.0. The molecule has 32 heavy (non-hydrogen) atoms. The lowest BCUT2D eigenvalue weighted by molar-refractivity contribution is 0.0687. The highest BCUT2D eigenvalue weighted by Crippen LogP contribution is 2.49. The molecule has 0 N–H and O–H groups in total. The maximum Gasteiger partial charge on any atom is 0.126 e. The van der Waals surface area contributed by atoms with E-state index in [4.69, 9.17) is 0 Å². The number of hydrogen-bond acceptors (Lipinski definition) is 0. The van der Waals surface area contributed by atoms with E-state index in [1.807, 2.05) is 6.07 Å². The first-order chi connectivity index (χ1) is 15.7. The smallest absolute Gasteiger partial charge is 0.126 e. The Hall–Kier alpha value is -1.11. The van der Waals surface area contributed by atoms with E-state index in [0.717, 1.165) is 60.8 Å². The first-order valence-corrected chi connectivity index (χ1v) is 14.1. The van der Waals surface area contributed by atoms with Gasteiger partial charge in [-0.15, -0.1) is 0 Å². The summed E-state index contributed by atoms with van der Waals surface area (Å²) >= 11 is 0. The number of rotatable bonds is 9. The fourth-order valence-corrected chi connectivity index (χ4v) is 7.45. The van der Waals surface area contributed by atoms with Crippen molar-refractivity contribution >= 4 is 0 Å². The van der Waals surface area contributed by atoms with Crippen molar-refractivity contribution in [2.45, 2.75) is 117 Å². The van der Waals surface area contributed by atoms with Crippen LogP contribution in [0.5, 0.6) is 0 Å². The monoisotopic (exact) mass is 438 g/mol. The Morgan fingerprint density at radius 1 is 0.906 bits per heavy atom. The second-order valence-electron chi connectivity index (χ2n) is 11.4. The van der Waals surface area contributed by atoms with Crippen LogP contribution in [-0.4, -0.2) is 0 Å². The normalized spacial score (nSPS) is 30.3. The second kappa shape index (κ2) is 11.8. The highest BCUT2D eigenvalue weighted by Gasteiger charge is 2.38. The predicted octanol–water partition coefficient (Wildman–Crippen LogP) is 9.24. The largest absolute Gasteiger partial charge is 0.207 e. The van der Waals surface area contributed by atoms with Crippen molar-refractivity contribution in [2.75, 3.05) is 0 Å². The molecule has 178 valence electrons. The minimum atomic E-state index is 0.0833. The lowest BCUT2D eigenvalue weighted by Gasteiger charge is -2.45. The zero-order valence-electron chi connectivity index (χ0n) is 20.9. The Morgan fingerprint density at radius 3 is 2.50 bits per heavy atom. The van der Waals surface area contributed by atoms with Gasteiger partial charge in [-0.25, -0.2) is 4.39 Å². The minimum absolute atomic E-state index is 0.0833. The standard InChI is InChI=1S/C31H47F/c1-3-5-7-9-10-23-12-13-26-21-27(15-14-25(26)18-23)28-16-17-29-19-24(11-8-6-4-2)20-31(32)30(29)22-28/h4,6,19-20,23,25-28H,3,5,7-18,21-22H2,1-2H3/b6-4+. The van der Waals surface area contributed by atoms with E-state index >= 15 is 4.39 Å². The van der Waals surface area contributed by atoms with Crippen molar-refractivity contribution in [1.82, 2.24) is 0 Å². The van der Waals surface area contributed by atoms with Crippen LogP contribution in [0.3, 0.4) is 0 Å². The first kappa shape index (κ1) is 24.0. The fraction of sp³-hybridized carbons (Fsp3) is 0.742. The van der Waals surface area contributed by atoms with Crippen LogP contribution >= 0.6 is 0 Å². The van der Waals surface area contributed by atoms with Gasteiger partial charge in [0, 0.05) is 0 Å². The Balaban J connectivity index is 1.29. The summed E-state index contributed by atoms with van der Waals surface area (Å²) in [6.45, 7) is 4.37. The minimum Gasteiger partial charge on any atom is -0.207 e. The van der Waals surface area contributed by atoms with Crippen molar-refractivity contribution in [3.63, 3.8) is 0 Å². The molecule has 1 heteroatoms. The predicted molar refractivity (Wildman–Crippen MR) is 135 cm³/mol. The average Bonchev–Trinajstić information content (AvgIpc) is 2.81. The first-order valence-electron chi connectivity index (χ1n) is 14.1. The molecule has 0 heterocycles. The molecule has 1 aromatic carbocycles. The Kier molecular flexibility index (Phi) is 8.90. The molecule has 0 bridgehead atoms. The van der Waals surface area contributed by atoms with E-state index in [9.17, 15) is 0 Å². The molecular formula is C31H47F. The quantitative estimate of drug-likeness (QED) is 0.266. The van der Waals surface area contributed by atoms with E-state index in [2.05, 4.69) is 32.1 Å². The summed E-state index contributed by atoms with van der Waals surface area (Å²) in [4.78, 5) is 0. The van der Waals surface area contributed by atoms with Gasteiger partial charge in [0.25, 0.3) is 0 Å². The van der Waals surface area contributed by atoms with Gasteiger partial charge in [0.2, 0.25) is 0 Å². The average molecular weight is 439 g/mol. The van der Waals surface area contributed by atoms with Crippen LogP contribution in [0.4, 0.5) is 4.39 Å². The fourth-order valence-electron chi connectivity index (χ4n) is 7.45. The number of hydrogen-bond donors (Lipinski definition) is 0. The maximum atomic E-state index is 15.0. The Labute approximate surface area is 197 Å². The van der Waals surface area contributed by atoms with Gasteiger partial charge >= 0.3 is 0 Å². The van der Waals surface area contributed by atoms with Crippen LogP contribution in [0.2, 0.25) is 0 Å². The summed E-state index contributed by atoms with van der Waals surface area (Å²) in [5.74, 6) is 4.64. The van der Waals surface area contributed by atoms with E-state index in [0.29, 0.717) is 0 Å². The van der Waals surface area contributed by atoms with E-state index in [-0.39, 0.29) is 5.82 Å². The van der Waals surface area contributed by atoms with Crippen molar-refractivity contribution < 1.29 is 4.39 Å². The van der Waals surface area contributed by atoms with Gasteiger partial charge in [-0.3, -0.25) is 0 Å². The number of halogens is 1. The number of fused-ring (bicyclic) bond motifs is 2. The zero-order valence-corrected chi connectivity index (χ0v) is 20.9. The zero-order chi connectivity index (χ0) is 22.3. The summed E-state index contributed by atoms with van der Waals surface area (Å²) in [6, 6.07) is 4.15. The van der Waals surface area contributed by atoms with Gasteiger partial charge in [0.15, 0.2) is 0 Å². The summed E-state index contributed by atoms with van der Waals surface area (Å²) in [5, 5.41) is 0. The molecule has 2 fully saturated rings. The second-order valence-corrected chi connectivity index (χ2v) is 11.4. The van der Waals surface area contributed by atoms with E-state index < -0.39 is 0 Å².